The number of hydrogen-bond acceptors (Lipinski definition) is 2. The molecule has 1 aromatic rings. The standard InChI is InChI=1S/C18H29BrN2/c1-6-18(5)13-20-16(17(2,3)4)12-21(18)11-14-9-7-8-10-15(14)19/h7-10,16,20H,6,11-13H2,1-5H3. The first-order valence-electron chi connectivity index (χ1n) is 7.98. The van der Waals surface area contributed by atoms with Crippen LogP contribution in [0.4, 0.5) is 0 Å². The Labute approximate surface area is 138 Å². The van der Waals surface area contributed by atoms with Crippen molar-refractivity contribution in [2.45, 2.75) is 59.2 Å². The van der Waals surface area contributed by atoms with E-state index >= 15 is 0 Å². The Bertz CT molecular complexity index is 480. The minimum atomic E-state index is 0.233. The molecule has 21 heavy (non-hydrogen) atoms. The van der Waals surface area contributed by atoms with Crippen LogP contribution in [0.25, 0.3) is 0 Å². The molecule has 0 spiro atoms. The first-order chi connectivity index (χ1) is 9.76. The summed E-state index contributed by atoms with van der Waals surface area (Å²) in [6, 6.07) is 9.13. The van der Waals surface area contributed by atoms with Crippen LogP contribution < -0.4 is 5.32 Å². The summed E-state index contributed by atoms with van der Waals surface area (Å²) in [6.45, 7) is 14.9. The molecule has 2 nitrogen and oxygen atoms in total. The maximum absolute atomic E-state index is 3.78. The first-order valence-corrected chi connectivity index (χ1v) is 8.77. The molecule has 1 heterocycles. The van der Waals surface area contributed by atoms with Gasteiger partial charge in [0, 0.05) is 35.7 Å². The second kappa shape index (κ2) is 6.39. The lowest BCUT2D eigenvalue weighted by molar-refractivity contribution is 0.0156. The average molecular weight is 353 g/mol. The van der Waals surface area contributed by atoms with Gasteiger partial charge in [-0.2, -0.15) is 0 Å². The summed E-state index contributed by atoms with van der Waals surface area (Å²) in [5.74, 6) is 0. The summed E-state index contributed by atoms with van der Waals surface area (Å²) in [7, 11) is 0. The Hall–Kier alpha value is -0.380. The number of piperazine rings is 1. The van der Waals surface area contributed by atoms with Gasteiger partial charge in [0.05, 0.1) is 0 Å². The maximum atomic E-state index is 3.78. The normalized spacial score (nSPS) is 27.8. The van der Waals surface area contributed by atoms with Gasteiger partial charge in [0.1, 0.15) is 0 Å². The van der Waals surface area contributed by atoms with Crippen LogP contribution in [0.1, 0.15) is 46.6 Å². The van der Waals surface area contributed by atoms with E-state index in [-0.39, 0.29) is 5.54 Å². The van der Waals surface area contributed by atoms with Gasteiger partial charge in [0.2, 0.25) is 0 Å². The predicted octanol–water partition coefficient (Wildman–Crippen LogP) is 4.44. The molecule has 3 heteroatoms. The van der Waals surface area contributed by atoms with Crippen molar-refractivity contribution >= 4 is 15.9 Å². The molecule has 2 atom stereocenters. The van der Waals surface area contributed by atoms with Crippen LogP contribution in [0.3, 0.4) is 0 Å². The number of nitrogens with one attached hydrogen (secondary N) is 1. The third-order valence-electron chi connectivity index (χ3n) is 5.02. The van der Waals surface area contributed by atoms with Crippen molar-refractivity contribution in [2.75, 3.05) is 13.1 Å². The number of benzene rings is 1. The lowest BCUT2D eigenvalue weighted by atomic mass is 9.81. The highest BCUT2D eigenvalue weighted by Crippen LogP contribution is 2.31. The predicted molar refractivity (Wildman–Crippen MR) is 94.5 cm³/mol. The molecule has 118 valence electrons. The summed E-state index contributed by atoms with van der Waals surface area (Å²) in [5.41, 5.74) is 1.91. The van der Waals surface area contributed by atoms with E-state index in [9.17, 15) is 0 Å². The average Bonchev–Trinajstić information content (AvgIpc) is 2.42. The van der Waals surface area contributed by atoms with Crippen molar-refractivity contribution in [1.29, 1.82) is 0 Å². The van der Waals surface area contributed by atoms with E-state index in [1.807, 2.05) is 0 Å². The third-order valence-corrected chi connectivity index (χ3v) is 5.80. The van der Waals surface area contributed by atoms with Crippen LogP contribution in [0, 0.1) is 5.41 Å². The van der Waals surface area contributed by atoms with Gasteiger partial charge in [-0.15, -0.1) is 0 Å². The lowest BCUT2D eigenvalue weighted by Gasteiger charge is -2.51. The minimum Gasteiger partial charge on any atom is -0.310 e. The number of hydrogen-bond donors (Lipinski definition) is 1. The lowest BCUT2D eigenvalue weighted by Crippen LogP contribution is -2.65. The maximum Gasteiger partial charge on any atom is 0.0307 e. The molecule has 0 radical (unpaired) electrons. The third kappa shape index (κ3) is 3.88. The SMILES string of the molecule is CCC1(C)CNC(C(C)(C)C)CN1Cc1ccccc1Br. The van der Waals surface area contributed by atoms with Crippen molar-refractivity contribution in [3.05, 3.63) is 34.3 Å². The second-order valence-corrected chi connectivity index (χ2v) is 8.48. The van der Waals surface area contributed by atoms with Gasteiger partial charge in [-0.1, -0.05) is 61.8 Å². The van der Waals surface area contributed by atoms with E-state index in [4.69, 9.17) is 0 Å². The van der Waals surface area contributed by atoms with Gasteiger partial charge in [-0.25, -0.2) is 0 Å². The van der Waals surface area contributed by atoms with Crippen molar-refractivity contribution in [2.24, 2.45) is 5.41 Å². The number of halogens is 1. The van der Waals surface area contributed by atoms with E-state index in [1.165, 1.54) is 16.5 Å². The quantitative estimate of drug-likeness (QED) is 0.864. The van der Waals surface area contributed by atoms with Crippen molar-refractivity contribution < 1.29 is 0 Å². The molecule has 2 unspecified atom stereocenters. The molecular weight excluding hydrogens is 324 g/mol. The van der Waals surface area contributed by atoms with Gasteiger partial charge >= 0.3 is 0 Å². The molecule has 0 aromatic heterocycles. The fourth-order valence-electron chi connectivity index (χ4n) is 2.98. The molecule has 0 amide bonds. The molecule has 0 bridgehead atoms. The highest BCUT2D eigenvalue weighted by molar-refractivity contribution is 9.10. The van der Waals surface area contributed by atoms with Crippen LogP contribution >= 0.6 is 15.9 Å². The zero-order valence-electron chi connectivity index (χ0n) is 14.0. The topological polar surface area (TPSA) is 15.3 Å². The molecule has 1 aliphatic heterocycles. The van der Waals surface area contributed by atoms with E-state index in [0.29, 0.717) is 11.5 Å². The number of rotatable bonds is 3. The van der Waals surface area contributed by atoms with Gasteiger partial charge < -0.3 is 5.32 Å². The molecule has 0 aliphatic carbocycles. The fraction of sp³-hybridized carbons (Fsp3) is 0.667. The zero-order valence-corrected chi connectivity index (χ0v) is 15.6. The fourth-order valence-corrected chi connectivity index (χ4v) is 3.39. The molecule has 1 fully saturated rings. The summed E-state index contributed by atoms with van der Waals surface area (Å²) in [4.78, 5) is 2.67. The minimum absolute atomic E-state index is 0.233. The Morgan fingerprint density at radius 3 is 2.57 bits per heavy atom. The molecule has 2 rings (SSSR count). The van der Waals surface area contributed by atoms with Gasteiger partial charge in [-0.3, -0.25) is 4.90 Å². The smallest absolute Gasteiger partial charge is 0.0307 e. The van der Waals surface area contributed by atoms with Crippen molar-refractivity contribution in [1.82, 2.24) is 10.2 Å². The van der Waals surface area contributed by atoms with Crippen molar-refractivity contribution in [3.63, 3.8) is 0 Å². The van der Waals surface area contributed by atoms with Crippen molar-refractivity contribution in [3.8, 4) is 0 Å². The van der Waals surface area contributed by atoms with Crippen LogP contribution in [-0.4, -0.2) is 29.6 Å². The zero-order chi connectivity index (χ0) is 15.7. The first kappa shape index (κ1) is 17.0. The van der Waals surface area contributed by atoms with E-state index in [2.05, 4.69) is 85.0 Å². The summed E-state index contributed by atoms with van der Waals surface area (Å²) < 4.78 is 1.22. The molecule has 1 aromatic carbocycles. The van der Waals surface area contributed by atoms with Crippen LogP contribution in [-0.2, 0) is 6.54 Å². The van der Waals surface area contributed by atoms with E-state index in [1.54, 1.807) is 0 Å². The molecule has 1 aliphatic rings. The van der Waals surface area contributed by atoms with Gasteiger partial charge in [-0.05, 0) is 30.4 Å². The second-order valence-electron chi connectivity index (χ2n) is 7.62. The Kier molecular flexibility index (Phi) is 5.17. The highest BCUT2D eigenvalue weighted by atomic mass is 79.9. The Morgan fingerprint density at radius 1 is 1.33 bits per heavy atom. The summed E-state index contributed by atoms with van der Waals surface area (Å²) in [6.07, 6.45) is 1.17. The van der Waals surface area contributed by atoms with Gasteiger partial charge in [0.15, 0.2) is 0 Å². The summed E-state index contributed by atoms with van der Waals surface area (Å²) in [5, 5.41) is 3.78. The summed E-state index contributed by atoms with van der Waals surface area (Å²) >= 11 is 3.69. The van der Waals surface area contributed by atoms with Crippen LogP contribution in [0.5, 0.6) is 0 Å². The number of nitrogens with zero attached hydrogens (tertiary/aromatic N) is 1. The largest absolute Gasteiger partial charge is 0.310 e. The van der Waals surface area contributed by atoms with Crippen LogP contribution in [0.2, 0.25) is 0 Å². The van der Waals surface area contributed by atoms with Crippen LogP contribution in [0.15, 0.2) is 28.7 Å². The van der Waals surface area contributed by atoms with Gasteiger partial charge in [0.25, 0.3) is 0 Å². The molecular formula is C18H29BrN2. The molecule has 1 N–H and O–H groups in total. The Morgan fingerprint density at radius 2 is 2.00 bits per heavy atom. The van der Waals surface area contributed by atoms with E-state index < -0.39 is 0 Å². The molecule has 1 saturated heterocycles. The van der Waals surface area contributed by atoms with E-state index in [0.717, 1.165) is 19.6 Å². The molecule has 0 saturated carbocycles. The highest BCUT2D eigenvalue weighted by Gasteiger charge is 2.39. The monoisotopic (exact) mass is 352 g/mol. The Balaban J connectivity index is 2.21.